The van der Waals surface area contributed by atoms with E-state index in [0.717, 1.165) is 5.82 Å². The summed E-state index contributed by atoms with van der Waals surface area (Å²) in [5.41, 5.74) is -0.185. The molecule has 0 bridgehead atoms. The molecule has 19 heavy (non-hydrogen) atoms. The molecule has 0 radical (unpaired) electrons. The molecule has 0 aromatic carbocycles. The molecule has 2 rings (SSSR count). The molecule has 2 heterocycles. The van der Waals surface area contributed by atoms with E-state index in [4.69, 9.17) is 16.7 Å². The molecule has 0 amide bonds. The Hall–Kier alpha value is -1.95. The maximum Gasteiger partial charge on any atom is 0.356 e. The number of aryl methyl sites for hydroxylation is 2. The van der Waals surface area contributed by atoms with Crippen LogP contribution in [0, 0.1) is 0 Å². The third kappa shape index (κ3) is 2.58. The topological polar surface area (TPSA) is 80.9 Å². The fourth-order valence-electron chi connectivity index (χ4n) is 1.65. The number of carboxylic acid groups (broad SMARTS) is 1. The number of halogens is 1. The Labute approximate surface area is 115 Å². The summed E-state index contributed by atoms with van der Waals surface area (Å²) in [4.78, 5) is 19.4. The molecule has 0 aliphatic carbocycles. The Morgan fingerprint density at radius 3 is 2.63 bits per heavy atom. The summed E-state index contributed by atoms with van der Waals surface area (Å²) in [6.45, 7) is 3.91. The van der Waals surface area contributed by atoms with E-state index in [9.17, 15) is 4.79 Å². The van der Waals surface area contributed by atoms with Crippen LogP contribution in [0.15, 0.2) is 12.1 Å². The number of aromatic carboxylic acids is 1. The molecule has 0 saturated carbocycles. The number of aromatic nitrogens is 4. The number of hydrogen-bond donors (Lipinski definition) is 1. The lowest BCUT2D eigenvalue weighted by Gasteiger charge is -2.05. The highest BCUT2D eigenvalue weighted by Gasteiger charge is 2.15. The van der Waals surface area contributed by atoms with Crippen LogP contribution in [0.3, 0.4) is 0 Å². The average molecular weight is 281 g/mol. The molecule has 0 spiro atoms. The van der Waals surface area contributed by atoms with Crippen molar-refractivity contribution >= 4 is 17.6 Å². The number of carboxylic acids is 1. The Morgan fingerprint density at radius 2 is 2.05 bits per heavy atom. The second-order valence-electron chi connectivity index (χ2n) is 3.87. The summed E-state index contributed by atoms with van der Waals surface area (Å²) >= 11 is 5.80. The van der Waals surface area contributed by atoms with Gasteiger partial charge in [-0.2, -0.15) is 4.68 Å². The van der Waals surface area contributed by atoms with Crippen molar-refractivity contribution in [3.63, 3.8) is 0 Å². The number of carbonyl (C=O) groups is 1. The quantitative estimate of drug-likeness (QED) is 0.928. The van der Waals surface area contributed by atoms with E-state index in [1.165, 1.54) is 6.07 Å². The Morgan fingerprint density at radius 1 is 1.32 bits per heavy atom. The number of rotatable bonds is 4. The number of hydrogen-bond acceptors (Lipinski definition) is 4. The molecule has 0 aliphatic heterocycles. The summed E-state index contributed by atoms with van der Waals surface area (Å²) < 4.78 is 1.56. The molecule has 7 heteroatoms. The predicted molar refractivity (Wildman–Crippen MR) is 69.9 cm³/mol. The van der Waals surface area contributed by atoms with E-state index >= 15 is 0 Å². The fourth-order valence-corrected chi connectivity index (χ4v) is 1.84. The van der Waals surface area contributed by atoms with Gasteiger partial charge in [0.1, 0.15) is 5.82 Å². The smallest absolute Gasteiger partial charge is 0.356 e. The molecule has 0 fully saturated rings. The summed E-state index contributed by atoms with van der Waals surface area (Å²) in [5.74, 6) is 0.681. The molecule has 100 valence electrons. The molecule has 2 aromatic rings. The first-order chi connectivity index (χ1) is 9.06. The first-order valence-electron chi connectivity index (χ1n) is 5.91. The van der Waals surface area contributed by atoms with Crippen molar-refractivity contribution in [3.05, 3.63) is 34.5 Å². The maximum absolute atomic E-state index is 11.0. The van der Waals surface area contributed by atoms with Gasteiger partial charge in [-0.3, -0.25) is 0 Å². The minimum absolute atomic E-state index is 0.102. The van der Waals surface area contributed by atoms with Crippen LogP contribution in [0.1, 0.15) is 36.0 Å². The van der Waals surface area contributed by atoms with Crippen molar-refractivity contribution in [2.45, 2.75) is 26.7 Å². The highest BCUT2D eigenvalue weighted by molar-refractivity contribution is 6.33. The Balaban J connectivity index is 2.55. The highest BCUT2D eigenvalue weighted by atomic mass is 35.5. The van der Waals surface area contributed by atoms with Crippen molar-refractivity contribution in [1.82, 2.24) is 19.7 Å². The molecule has 2 aromatic heterocycles. The maximum atomic E-state index is 11.0. The van der Waals surface area contributed by atoms with Gasteiger partial charge in [0.15, 0.2) is 17.3 Å². The van der Waals surface area contributed by atoms with E-state index in [1.54, 1.807) is 10.7 Å². The van der Waals surface area contributed by atoms with E-state index in [2.05, 4.69) is 15.1 Å². The summed E-state index contributed by atoms with van der Waals surface area (Å²) in [6, 6.07) is 3.13. The zero-order chi connectivity index (χ0) is 14.0. The first-order valence-corrected chi connectivity index (χ1v) is 6.29. The lowest BCUT2D eigenvalue weighted by Crippen LogP contribution is -2.09. The minimum Gasteiger partial charge on any atom is -0.476 e. The third-order valence-electron chi connectivity index (χ3n) is 2.60. The van der Waals surface area contributed by atoms with Gasteiger partial charge in [0.25, 0.3) is 0 Å². The van der Waals surface area contributed by atoms with Crippen LogP contribution >= 0.6 is 11.6 Å². The normalized spacial score (nSPS) is 10.7. The zero-order valence-corrected chi connectivity index (χ0v) is 11.3. The summed E-state index contributed by atoms with van der Waals surface area (Å²) in [7, 11) is 0. The van der Waals surface area contributed by atoms with Gasteiger partial charge in [0, 0.05) is 12.8 Å². The SMILES string of the molecule is CCc1nc(CC)n(-c2ccc(Cl)c(C(=O)O)n2)n1. The monoisotopic (exact) mass is 280 g/mol. The fraction of sp³-hybridized carbons (Fsp3) is 0.333. The Bertz CT molecular complexity index is 624. The first kappa shape index (κ1) is 13.5. The van der Waals surface area contributed by atoms with Crippen LogP contribution in [-0.2, 0) is 12.8 Å². The van der Waals surface area contributed by atoms with Crippen LogP contribution in [0.2, 0.25) is 5.02 Å². The Kier molecular flexibility index (Phi) is 3.80. The van der Waals surface area contributed by atoms with Crippen LogP contribution in [-0.4, -0.2) is 30.8 Å². The van der Waals surface area contributed by atoms with Crippen molar-refractivity contribution in [2.75, 3.05) is 0 Å². The predicted octanol–water partition coefficient (Wildman–Crippen LogP) is 2.14. The van der Waals surface area contributed by atoms with Gasteiger partial charge in [-0.05, 0) is 12.1 Å². The molecular weight excluding hydrogens is 268 g/mol. The van der Waals surface area contributed by atoms with Gasteiger partial charge in [0.05, 0.1) is 5.02 Å². The van der Waals surface area contributed by atoms with Crippen molar-refractivity contribution in [3.8, 4) is 5.82 Å². The second kappa shape index (κ2) is 5.36. The van der Waals surface area contributed by atoms with Crippen molar-refractivity contribution in [2.24, 2.45) is 0 Å². The van der Waals surface area contributed by atoms with Crippen LogP contribution in [0.25, 0.3) is 5.82 Å². The van der Waals surface area contributed by atoms with Crippen LogP contribution in [0.4, 0.5) is 0 Å². The molecule has 1 N–H and O–H groups in total. The third-order valence-corrected chi connectivity index (χ3v) is 2.91. The molecule has 6 nitrogen and oxygen atoms in total. The molecule has 0 atom stereocenters. The summed E-state index contributed by atoms with van der Waals surface area (Å²) in [5, 5.41) is 13.4. The lowest BCUT2D eigenvalue weighted by molar-refractivity contribution is 0.0690. The lowest BCUT2D eigenvalue weighted by atomic mass is 10.3. The average Bonchev–Trinajstić information content (AvgIpc) is 2.82. The van der Waals surface area contributed by atoms with Gasteiger partial charge >= 0.3 is 5.97 Å². The summed E-state index contributed by atoms with van der Waals surface area (Å²) in [6.07, 6.45) is 1.39. The van der Waals surface area contributed by atoms with Gasteiger partial charge in [0.2, 0.25) is 0 Å². The van der Waals surface area contributed by atoms with Gasteiger partial charge in [-0.25, -0.2) is 14.8 Å². The van der Waals surface area contributed by atoms with Gasteiger partial charge in [-0.1, -0.05) is 25.4 Å². The van der Waals surface area contributed by atoms with E-state index in [0.29, 0.717) is 24.5 Å². The van der Waals surface area contributed by atoms with E-state index in [1.807, 2.05) is 13.8 Å². The molecule has 0 unspecified atom stereocenters. The standard InChI is InChI=1S/C12H13ClN4O2/c1-3-8-14-9(4-2)17(16-8)10-6-5-7(13)11(15-10)12(18)19/h5-6H,3-4H2,1-2H3,(H,18,19). The molecular formula is C12H13ClN4O2. The highest BCUT2D eigenvalue weighted by Crippen LogP contribution is 2.17. The van der Waals surface area contributed by atoms with Crippen molar-refractivity contribution in [1.29, 1.82) is 0 Å². The van der Waals surface area contributed by atoms with Gasteiger partial charge in [-0.15, -0.1) is 5.10 Å². The van der Waals surface area contributed by atoms with Crippen LogP contribution < -0.4 is 0 Å². The van der Waals surface area contributed by atoms with Crippen LogP contribution in [0.5, 0.6) is 0 Å². The zero-order valence-electron chi connectivity index (χ0n) is 10.6. The largest absolute Gasteiger partial charge is 0.476 e. The van der Waals surface area contributed by atoms with Gasteiger partial charge < -0.3 is 5.11 Å². The van der Waals surface area contributed by atoms with Crippen molar-refractivity contribution < 1.29 is 9.90 Å². The minimum atomic E-state index is -1.17. The second-order valence-corrected chi connectivity index (χ2v) is 4.28. The molecule has 0 saturated heterocycles. The molecule has 0 aliphatic rings. The number of pyridine rings is 1. The number of nitrogens with zero attached hydrogens (tertiary/aromatic N) is 4. The van der Waals surface area contributed by atoms with E-state index < -0.39 is 5.97 Å². The van der Waals surface area contributed by atoms with E-state index in [-0.39, 0.29) is 10.7 Å².